The molecule has 0 aliphatic rings. The molecule has 0 aliphatic heterocycles. The summed E-state index contributed by atoms with van der Waals surface area (Å²) in [5, 5.41) is 23.2. The van der Waals surface area contributed by atoms with Crippen LogP contribution in [0.5, 0.6) is 5.75 Å². The molecular weight excluding hydrogens is 355 g/mol. The van der Waals surface area contributed by atoms with E-state index in [0.29, 0.717) is 24.1 Å². The van der Waals surface area contributed by atoms with E-state index < -0.39 is 7.12 Å². The molecule has 0 fully saturated rings. The number of nitrogens with zero attached hydrogens (tertiary/aromatic N) is 1. The van der Waals surface area contributed by atoms with Crippen molar-refractivity contribution in [2.24, 2.45) is 11.6 Å². The van der Waals surface area contributed by atoms with Gasteiger partial charge in [0, 0.05) is 24.9 Å². The first-order chi connectivity index (χ1) is 13.5. The molecule has 28 heavy (non-hydrogen) atoms. The maximum Gasteiger partial charge on any atom is 0.488 e. The fourth-order valence-electron chi connectivity index (χ4n) is 2.39. The topological polar surface area (TPSA) is 117 Å². The quantitative estimate of drug-likeness (QED) is 0.114. The van der Waals surface area contributed by atoms with E-state index in [1.165, 1.54) is 6.08 Å². The summed E-state index contributed by atoms with van der Waals surface area (Å²) in [6.07, 6.45) is 9.79. The van der Waals surface area contributed by atoms with Crippen LogP contribution in [-0.2, 0) is 6.54 Å². The smallest absolute Gasteiger partial charge is 0.488 e. The van der Waals surface area contributed by atoms with Gasteiger partial charge in [0.15, 0.2) is 0 Å². The number of allylic oxidation sites excluding steroid dienone is 4. The molecule has 0 saturated heterocycles. The van der Waals surface area contributed by atoms with Crippen molar-refractivity contribution in [2.75, 3.05) is 20.2 Å². The summed E-state index contributed by atoms with van der Waals surface area (Å²) in [5.41, 5.74) is 8.18. The SMILES string of the molecule is C=C/C=C(\C=C/CCNCC/C(N)=C/N(N)Cc1ccc(OC)cc1)B(O)O. The van der Waals surface area contributed by atoms with Crippen molar-refractivity contribution in [1.29, 1.82) is 0 Å². The lowest BCUT2D eigenvalue weighted by Gasteiger charge is -2.15. The minimum atomic E-state index is -1.50. The number of nitrogens with one attached hydrogen (secondary N) is 1. The van der Waals surface area contributed by atoms with Crippen LogP contribution in [0.15, 0.2) is 72.5 Å². The molecular formula is C20H31BN4O3. The molecule has 0 amide bonds. The highest BCUT2D eigenvalue weighted by atomic mass is 16.5. The van der Waals surface area contributed by atoms with Crippen molar-refractivity contribution in [2.45, 2.75) is 19.4 Å². The number of hydrazine groups is 1. The molecule has 0 spiro atoms. The monoisotopic (exact) mass is 386 g/mol. The standard InChI is InChI=1S/C20H31BN4O3/c1-3-6-18(21(26)27)7-4-5-13-24-14-12-19(22)16-25(23)15-17-8-10-20(28-2)11-9-17/h3-4,6-11,16,24,26-27H,1,5,12-15,22-23H2,2H3/b7-4-,18-6+,19-16-. The molecule has 0 aromatic heterocycles. The summed E-state index contributed by atoms with van der Waals surface area (Å²) in [4.78, 5) is 0. The minimum absolute atomic E-state index is 0.405. The molecule has 0 saturated carbocycles. The Kier molecular flexibility index (Phi) is 11.4. The van der Waals surface area contributed by atoms with Crippen molar-refractivity contribution >= 4 is 7.12 Å². The Morgan fingerprint density at radius 3 is 2.61 bits per heavy atom. The van der Waals surface area contributed by atoms with Crippen LogP contribution in [0, 0.1) is 0 Å². The number of nitrogens with two attached hydrogens (primary N) is 2. The van der Waals surface area contributed by atoms with Crippen molar-refractivity contribution in [3.05, 3.63) is 78.1 Å². The van der Waals surface area contributed by atoms with E-state index in [9.17, 15) is 0 Å². The maximum atomic E-state index is 9.17. The Hall–Kier alpha value is -2.52. The molecule has 1 rings (SSSR count). The van der Waals surface area contributed by atoms with Gasteiger partial charge in [-0.1, -0.05) is 43.0 Å². The molecule has 0 unspecified atom stereocenters. The van der Waals surface area contributed by atoms with E-state index in [1.807, 2.05) is 30.3 Å². The Labute approximate surface area is 167 Å². The lowest BCUT2D eigenvalue weighted by Crippen LogP contribution is -2.27. The van der Waals surface area contributed by atoms with Crippen LogP contribution in [0.1, 0.15) is 18.4 Å². The highest BCUT2D eigenvalue weighted by Gasteiger charge is 2.09. The first-order valence-corrected chi connectivity index (χ1v) is 9.12. The average molecular weight is 386 g/mol. The second kappa shape index (κ2) is 13.6. The Bertz CT molecular complexity index is 673. The summed E-state index contributed by atoms with van der Waals surface area (Å²) in [6.45, 7) is 5.58. The van der Waals surface area contributed by atoms with Crippen LogP contribution in [0.3, 0.4) is 0 Å². The van der Waals surface area contributed by atoms with Crippen LogP contribution in [0.2, 0.25) is 0 Å². The number of hydrogen-bond acceptors (Lipinski definition) is 7. The third kappa shape index (κ3) is 9.98. The van der Waals surface area contributed by atoms with Crippen molar-refractivity contribution < 1.29 is 14.8 Å². The summed E-state index contributed by atoms with van der Waals surface area (Å²) >= 11 is 0. The van der Waals surface area contributed by atoms with E-state index in [-0.39, 0.29) is 0 Å². The molecule has 0 heterocycles. The molecule has 0 radical (unpaired) electrons. The Balaban J connectivity index is 2.26. The third-order valence-corrected chi connectivity index (χ3v) is 3.85. The second-order valence-corrected chi connectivity index (χ2v) is 6.19. The number of benzene rings is 1. The third-order valence-electron chi connectivity index (χ3n) is 3.85. The summed E-state index contributed by atoms with van der Waals surface area (Å²) < 4.78 is 5.13. The first-order valence-electron chi connectivity index (χ1n) is 9.12. The van der Waals surface area contributed by atoms with E-state index >= 15 is 0 Å². The normalized spacial score (nSPS) is 12.3. The van der Waals surface area contributed by atoms with Gasteiger partial charge >= 0.3 is 7.12 Å². The zero-order valence-corrected chi connectivity index (χ0v) is 16.4. The maximum absolute atomic E-state index is 9.17. The molecule has 0 bridgehead atoms. The van der Waals surface area contributed by atoms with Crippen LogP contribution < -0.4 is 21.6 Å². The van der Waals surface area contributed by atoms with E-state index in [2.05, 4.69) is 11.9 Å². The number of ether oxygens (including phenoxy) is 1. The zero-order valence-electron chi connectivity index (χ0n) is 16.4. The van der Waals surface area contributed by atoms with Gasteiger partial charge in [0.05, 0.1) is 13.7 Å². The average Bonchev–Trinajstić information content (AvgIpc) is 2.66. The fraction of sp³-hybridized carbons (Fsp3) is 0.300. The van der Waals surface area contributed by atoms with Gasteiger partial charge in [-0.2, -0.15) is 0 Å². The second-order valence-electron chi connectivity index (χ2n) is 6.19. The fourth-order valence-corrected chi connectivity index (χ4v) is 2.39. The number of methoxy groups -OCH3 is 1. The summed E-state index contributed by atoms with van der Waals surface area (Å²) in [6, 6.07) is 7.71. The number of rotatable bonds is 13. The minimum Gasteiger partial charge on any atom is -0.497 e. The van der Waals surface area contributed by atoms with Gasteiger partial charge in [-0.05, 0) is 36.1 Å². The van der Waals surface area contributed by atoms with E-state index in [1.54, 1.807) is 30.5 Å². The molecule has 152 valence electrons. The van der Waals surface area contributed by atoms with E-state index in [4.69, 9.17) is 26.4 Å². The summed E-state index contributed by atoms with van der Waals surface area (Å²) in [5.74, 6) is 6.80. The van der Waals surface area contributed by atoms with Crippen LogP contribution in [0.4, 0.5) is 0 Å². The van der Waals surface area contributed by atoms with Gasteiger partial charge < -0.3 is 30.8 Å². The summed E-state index contributed by atoms with van der Waals surface area (Å²) in [7, 11) is 0.138. The van der Waals surface area contributed by atoms with Crippen molar-refractivity contribution in [1.82, 2.24) is 10.3 Å². The van der Waals surface area contributed by atoms with Crippen molar-refractivity contribution in [3.8, 4) is 5.75 Å². The molecule has 8 heteroatoms. The molecule has 7 N–H and O–H groups in total. The number of hydrogen-bond donors (Lipinski definition) is 5. The highest BCUT2D eigenvalue weighted by Crippen LogP contribution is 2.12. The van der Waals surface area contributed by atoms with Crippen LogP contribution in [-0.4, -0.2) is 42.4 Å². The van der Waals surface area contributed by atoms with Gasteiger partial charge in [-0.25, -0.2) is 5.84 Å². The Morgan fingerprint density at radius 1 is 1.29 bits per heavy atom. The zero-order chi connectivity index (χ0) is 20.8. The van der Waals surface area contributed by atoms with Crippen LogP contribution >= 0.6 is 0 Å². The molecule has 1 aromatic rings. The largest absolute Gasteiger partial charge is 0.497 e. The van der Waals surface area contributed by atoms with E-state index in [0.717, 1.165) is 30.8 Å². The van der Waals surface area contributed by atoms with Crippen LogP contribution in [0.25, 0.3) is 0 Å². The van der Waals surface area contributed by atoms with Gasteiger partial charge in [0.2, 0.25) is 0 Å². The van der Waals surface area contributed by atoms with Gasteiger partial charge in [-0.3, -0.25) is 0 Å². The predicted molar refractivity (Wildman–Crippen MR) is 115 cm³/mol. The molecule has 1 aromatic carbocycles. The molecule has 0 aliphatic carbocycles. The lowest BCUT2D eigenvalue weighted by molar-refractivity contribution is 0.380. The first kappa shape index (κ1) is 23.5. The van der Waals surface area contributed by atoms with Gasteiger partial charge in [-0.15, -0.1) is 0 Å². The Morgan fingerprint density at radius 2 is 2.00 bits per heavy atom. The lowest BCUT2D eigenvalue weighted by atomic mass is 9.79. The highest BCUT2D eigenvalue weighted by molar-refractivity contribution is 6.51. The molecule has 7 nitrogen and oxygen atoms in total. The predicted octanol–water partition coefficient (Wildman–Crippen LogP) is 1.22. The van der Waals surface area contributed by atoms with Gasteiger partial charge in [0.1, 0.15) is 5.75 Å². The van der Waals surface area contributed by atoms with Gasteiger partial charge in [0.25, 0.3) is 0 Å². The van der Waals surface area contributed by atoms with Crippen molar-refractivity contribution in [3.63, 3.8) is 0 Å². The molecule has 0 atom stereocenters.